The second-order valence-electron chi connectivity index (χ2n) is 7.11. The van der Waals surface area contributed by atoms with Gasteiger partial charge in [-0.3, -0.25) is 4.79 Å². The number of aryl methyl sites for hydroxylation is 1. The fourth-order valence-electron chi connectivity index (χ4n) is 3.20. The molecule has 0 spiro atoms. The molecule has 2 N–H and O–H groups in total. The molecule has 0 saturated carbocycles. The van der Waals surface area contributed by atoms with E-state index in [1.54, 1.807) is 0 Å². The lowest BCUT2D eigenvalue weighted by Crippen LogP contribution is -2.31. The van der Waals surface area contributed by atoms with Crippen LogP contribution in [0.5, 0.6) is 0 Å². The average molecular weight is 381 g/mol. The predicted molar refractivity (Wildman–Crippen MR) is 109 cm³/mol. The number of carbonyl (C=O) groups is 1. The summed E-state index contributed by atoms with van der Waals surface area (Å²) in [6.45, 7) is 2.52. The highest BCUT2D eigenvalue weighted by Gasteiger charge is 2.14. The van der Waals surface area contributed by atoms with Crippen LogP contribution >= 0.6 is 0 Å². The maximum atomic E-state index is 11.2. The third kappa shape index (κ3) is 5.44. The number of rotatable bonds is 9. The first-order valence-corrected chi connectivity index (χ1v) is 9.59. The number of aliphatic hydroxyl groups excluding tert-OH is 1. The molecule has 28 heavy (non-hydrogen) atoms. The first-order valence-electron chi connectivity index (χ1n) is 9.59. The van der Waals surface area contributed by atoms with Crippen molar-refractivity contribution in [1.29, 1.82) is 0 Å². The van der Waals surface area contributed by atoms with Gasteiger partial charge >= 0.3 is 5.97 Å². The Morgan fingerprint density at radius 1 is 1.14 bits per heavy atom. The Balaban J connectivity index is 1.47. The number of benzene rings is 2. The molecule has 1 heterocycles. The van der Waals surface area contributed by atoms with Gasteiger partial charge in [-0.25, -0.2) is 0 Å². The molecule has 2 atom stereocenters. The van der Waals surface area contributed by atoms with Crippen LogP contribution in [0.3, 0.4) is 0 Å². The van der Waals surface area contributed by atoms with Crippen LogP contribution in [0.25, 0.3) is 11.0 Å². The van der Waals surface area contributed by atoms with Crippen LogP contribution in [0, 0.1) is 0 Å². The Labute approximate surface area is 165 Å². The Hall–Kier alpha value is -2.63. The molecule has 3 aromatic rings. The summed E-state index contributed by atoms with van der Waals surface area (Å²) < 4.78 is 10.4. The van der Waals surface area contributed by atoms with Gasteiger partial charge in [0.1, 0.15) is 17.4 Å². The third-order valence-electron chi connectivity index (χ3n) is 4.84. The smallest absolute Gasteiger partial charge is 0.305 e. The summed E-state index contributed by atoms with van der Waals surface area (Å²) in [5, 5.41) is 14.8. The molecule has 5 heteroatoms. The van der Waals surface area contributed by atoms with E-state index in [1.807, 2.05) is 42.5 Å². The van der Waals surface area contributed by atoms with E-state index in [-0.39, 0.29) is 12.0 Å². The molecule has 3 rings (SSSR count). The van der Waals surface area contributed by atoms with Crippen LogP contribution in [-0.4, -0.2) is 30.8 Å². The van der Waals surface area contributed by atoms with E-state index in [4.69, 9.17) is 4.42 Å². The number of nitrogens with one attached hydrogen (secondary N) is 1. The highest BCUT2D eigenvalue weighted by molar-refractivity contribution is 5.77. The fraction of sp³-hybridized carbons (Fsp3) is 0.348. The van der Waals surface area contributed by atoms with Crippen molar-refractivity contribution in [3.8, 4) is 0 Å². The summed E-state index contributed by atoms with van der Waals surface area (Å²) in [7, 11) is 1.41. The van der Waals surface area contributed by atoms with Crippen LogP contribution in [-0.2, 0) is 22.4 Å². The van der Waals surface area contributed by atoms with Crippen molar-refractivity contribution in [2.24, 2.45) is 0 Å². The number of carbonyl (C=O) groups excluding carboxylic acids is 1. The average Bonchev–Trinajstić information content (AvgIpc) is 3.15. The lowest BCUT2D eigenvalue weighted by Gasteiger charge is -2.16. The summed E-state index contributed by atoms with van der Waals surface area (Å²) in [5.41, 5.74) is 3.12. The molecule has 0 radical (unpaired) electrons. The SMILES string of the molecule is COC(=O)CCc1ccc(CC(C)NCC(O)c2cc3ccccc3o2)cc1. The summed E-state index contributed by atoms with van der Waals surface area (Å²) in [6.07, 6.45) is 1.25. The van der Waals surface area contributed by atoms with E-state index >= 15 is 0 Å². The van der Waals surface area contributed by atoms with Gasteiger partial charge in [0.15, 0.2) is 0 Å². The molecular weight excluding hydrogens is 354 g/mol. The standard InChI is InChI=1S/C23H27NO4/c1-16(13-18-9-7-17(8-10-18)11-12-23(26)27-2)24-15-20(25)22-14-19-5-3-4-6-21(19)28-22/h3-10,14,16,20,24-25H,11-13,15H2,1-2H3. The quantitative estimate of drug-likeness (QED) is 0.552. The molecule has 0 saturated heterocycles. The van der Waals surface area contributed by atoms with Crippen molar-refractivity contribution in [2.75, 3.05) is 13.7 Å². The van der Waals surface area contributed by atoms with E-state index in [0.717, 1.165) is 23.0 Å². The molecule has 2 unspecified atom stereocenters. The van der Waals surface area contributed by atoms with Crippen molar-refractivity contribution in [3.05, 3.63) is 71.5 Å². The van der Waals surface area contributed by atoms with E-state index in [9.17, 15) is 9.90 Å². The minimum Gasteiger partial charge on any atom is -0.469 e. The summed E-state index contributed by atoms with van der Waals surface area (Å²) in [5.74, 6) is 0.390. The number of para-hydroxylation sites is 1. The zero-order valence-electron chi connectivity index (χ0n) is 16.4. The van der Waals surface area contributed by atoms with Gasteiger partial charge in [0.05, 0.1) is 7.11 Å². The molecule has 0 amide bonds. The summed E-state index contributed by atoms with van der Waals surface area (Å²) in [6, 6.07) is 18.1. The van der Waals surface area contributed by atoms with Crippen molar-refractivity contribution < 1.29 is 19.1 Å². The lowest BCUT2D eigenvalue weighted by molar-refractivity contribution is -0.140. The first kappa shape index (κ1) is 20.1. The van der Waals surface area contributed by atoms with Gasteiger partial charge in [-0.05, 0) is 43.0 Å². The fourth-order valence-corrected chi connectivity index (χ4v) is 3.20. The Bertz CT molecular complexity index is 867. The molecule has 1 aromatic heterocycles. The molecule has 5 nitrogen and oxygen atoms in total. The lowest BCUT2D eigenvalue weighted by atomic mass is 10.0. The van der Waals surface area contributed by atoms with E-state index in [1.165, 1.54) is 12.7 Å². The van der Waals surface area contributed by atoms with Crippen LogP contribution in [0.2, 0.25) is 0 Å². The normalized spacial score (nSPS) is 13.4. The van der Waals surface area contributed by atoms with Crippen LogP contribution in [0.15, 0.2) is 59.0 Å². The van der Waals surface area contributed by atoms with Gasteiger partial charge in [-0.1, -0.05) is 42.5 Å². The maximum Gasteiger partial charge on any atom is 0.305 e. The highest BCUT2D eigenvalue weighted by atomic mass is 16.5. The topological polar surface area (TPSA) is 71.7 Å². The Morgan fingerprint density at radius 3 is 2.57 bits per heavy atom. The molecular formula is C23H27NO4. The predicted octanol–water partition coefficient (Wildman–Crippen LogP) is 3.79. The van der Waals surface area contributed by atoms with Crippen LogP contribution < -0.4 is 5.32 Å². The van der Waals surface area contributed by atoms with Crippen molar-refractivity contribution >= 4 is 16.9 Å². The molecule has 0 fully saturated rings. The zero-order chi connectivity index (χ0) is 19.9. The largest absolute Gasteiger partial charge is 0.469 e. The van der Waals surface area contributed by atoms with Gasteiger partial charge < -0.3 is 19.6 Å². The van der Waals surface area contributed by atoms with E-state index in [0.29, 0.717) is 25.1 Å². The van der Waals surface area contributed by atoms with Crippen molar-refractivity contribution in [3.63, 3.8) is 0 Å². The minimum atomic E-state index is -0.685. The minimum absolute atomic E-state index is 0.190. The van der Waals surface area contributed by atoms with Gasteiger partial charge in [0, 0.05) is 24.4 Å². The second-order valence-corrected chi connectivity index (χ2v) is 7.11. The molecule has 0 aliphatic heterocycles. The van der Waals surface area contributed by atoms with Crippen LogP contribution in [0.1, 0.15) is 36.3 Å². The van der Waals surface area contributed by atoms with Gasteiger partial charge in [-0.15, -0.1) is 0 Å². The van der Waals surface area contributed by atoms with Crippen molar-refractivity contribution in [2.45, 2.75) is 38.3 Å². The number of aliphatic hydroxyl groups is 1. The number of furan rings is 1. The number of methoxy groups -OCH3 is 1. The van der Waals surface area contributed by atoms with Gasteiger partial charge in [0.25, 0.3) is 0 Å². The Kier molecular flexibility index (Phi) is 6.85. The second kappa shape index (κ2) is 9.53. The van der Waals surface area contributed by atoms with Gasteiger partial charge in [0.2, 0.25) is 0 Å². The molecule has 0 bridgehead atoms. The zero-order valence-corrected chi connectivity index (χ0v) is 16.4. The third-order valence-corrected chi connectivity index (χ3v) is 4.84. The summed E-state index contributed by atoms with van der Waals surface area (Å²) >= 11 is 0. The van der Waals surface area contributed by atoms with E-state index < -0.39 is 6.10 Å². The molecule has 148 valence electrons. The van der Waals surface area contributed by atoms with Crippen LogP contribution in [0.4, 0.5) is 0 Å². The molecule has 0 aliphatic carbocycles. The number of esters is 1. The number of ether oxygens (including phenoxy) is 1. The summed E-state index contributed by atoms with van der Waals surface area (Å²) in [4.78, 5) is 11.2. The number of fused-ring (bicyclic) bond motifs is 1. The van der Waals surface area contributed by atoms with E-state index in [2.05, 4.69) is 29.1 Å². The van der Waals surface area contributed by atoms with Crippen molar-refractivity contribution in [1.82, 2.24) is 5.32 Å². The molecule has 0 aliphatic rings. The molecule has 2 aromatic carbocycles. The number of hydrogen-bond acceptors (Lipinski definition) is 5. The Morgan fingerprint density at radius 2 is 1.86 bits per heavy atom. The van der Waals surface area contributed by atoms with Gasteiger partial charge in [-0.2, -0.15) is 0 Å². The first-order chi connectivity index (χ1) is 13.5. The highest BCUT2D eigenvalue weighted by Crippen LogP contribution is 2.23. The maximum absolute atomic E-state index is 11.2. The monoisotopic (exact) mass is 381 g/mol. The number of hydrogen-bond donors (Lipinski definition) is 2.